The van der Waals surface area contributed by atoms with Gasteiger partial charge < -0.3 is 30.2 Å². The first kappa shape index (κ1) is 33.1. The molecule has 1 aliphatic carbocycles. The van der Waals surface area contributed by atoms with Crippen LogP contribution in [0.1, 0.15) is 44.4 Å². The number of imidazole rings is 1. The van der Waals surface area contributed by atoms with Crippen LogP contribution in [0.2, 0.25) is 0 Å². The van der Waals surface area contributed by atoms with Gasteiger partial charge in [0.25, 0.3) is 0 Å². The Morgan fingerprint density at radius 1 is 0.894 bits per heavy atom. The average molecular weight is 644 g/mol. The molecule has 3 aromatic carbocycles. The highest BCUT2D eigenvalue weighted by molar-refractivity contribution is 5.98. The normalized spacial score (nSPS) is 14.4. The number of aryl methyl sites for hydroxylation is 3. The smallest absolute Gasteiger partial charge is 0.328 e. The molecule has 12 heteroatoms. The Labute approximate surface area is 272 Å². The van der Waals surface area contributed by atoms with Crippen LogP contribution in [0.5, 0.6) is 17.2 Å². The van der Waals surface area contributed by atoms with Crippen LogP contribution in [-0.2, 0) is 30.1 Å². The first-order valence-corrected chi connectivity index (χ1v) is 15.4. The lowest BCUT2D eigenvalue weighted by Gasteiger charge is -2.22. The standard InChI is InChI=1S/C35H41N5O7/c1-18(2)31(34(43)37-21-10-14-26-27(16-21)40(5)35(44)39(26)4)38-25-13-11-22-23(17-28(25)42)24(36-19(3)41)12-9-20-15-29(45-6)32(46-7)33(47-8)30(20)22/h10-11,13-18,24,31H,9,12H2,1-8H3,(H,36,41)(H,37,43)(H,38,42)/t24-,31-/m1/s1. The van der Waals surface area contributed by atoms with E-state index in [9.17, 15) is 19.2 Å². The number of benzene rings is 2. The van der Waals surface area contributed by atoms with E-state index >= 15 is 0 Å². The number of hydrogen-bond donors (Lipinski definition) is 3. The molecule has 0 unspecified atom stereocenters. The molecular formula is C35H41N5O7. The van der Waals surface area contributed by atoms with E-state index < -0.39 is 12.1 Å². The van der Waals surface area contributed by atoms with Gasteiger partial charge >= 0.3 is 5.69 Å². The van der Waals surface area contributed by atoms with Crippen molar-refractivity contribution in [1.82, 2.24) is 14.5 Å². The second-order valence-electron chi connectivity index (χ2n) is 12.1. The number of ether oxygens (including phenoxy) is 3. The number of anilines is 2. The quantitative estimate of drug-likeness (QED) is 0.247. The second-order valence-corrected chi connectivity index (χ2v) is 12.1. The van der Waals surface area contributed by atoms with Crippen molar-refractivity contribution in [3.8, 4) is 28.4 Å². The van der Waals surface area contributed by atoms with E-state index in [0.717, 1.165) is 16.6 Å². The number of fused-ring (bicyclic) bond motifs is 4. The Hall–Kier alpha value is -5.26. The van der Waals surface area contributed by atoms with Crippen molar-refractivity contribution < 1.29 is 23.8 Å². The highest BCUT2D eigenvalue weighted by Crippen LogP contribution is 2.50. The maximum atomic E-state index is 13.9. The molecule has 0 aliphatic heterocycles. The van der Waals surface area contributed by atoms with Crippen LogP contribution in [-0.4, -0.2) is 48.3 Å². The zero-order valence-corrected chi connectivity index (χ0v) is 27.9. The Morgan fingerprint density at radius 3 is 2.23 bits per heavy atom. The topological polar surface area (TPSA) is 142 Å². The van der Waals surface area contributed by atoms with Crippen molar-refractivity contribution in [3.63, 3.8) is 0 Å². The lowest BCUT2D eigenvalue weighted by atomic mass is 9.95. The molecule has 0 radical (unpaired) electrons. The molecule has 3 N–H and O–H groups in total. The predicted octanol–water partition coefficient (Wildman–Crippen LogP) is 4.13. The highest BCUT2D eigenvalue weighted by atomic mass is 16.5. The summed E-state index contributed by atoms with van der Waals surface area (Å²) in [7, 11) is 8.01. The number of carbonyl (C=O) groups is 2. The van der Waals surface area contributed by atoms with Gasteiger partial charge in [-0.2, -0.15) is 0 Å². The van der Waals surface area contributed by atoms with Gasteiger partial charge in [0.2, 0.25) is 23.0 Å². The zero-order valence-electron chi connectivity index (χ0n) is 27.9. The molecule has 12 nitrogen and oxygen atoms in total. The third kappa shape index (κ3) is 6.15. The Kier molecular flexibility index (Phi) is 9.32. The van der Waals surface area contributed by atoms with Crippen molar-refractivity contribution in [2.45, 2.75) is 45.7 Å². The summed E-state index contributed by atoms with van der Waals surface area (Å²) >= 11 is 0. The van der Waals surface area contributed by atoms with Gasteiger partial charge in [0, 0.05) is 32.3 Å². The van der Waals surface area contributed by atoms with Crippen molar-refractivity contribution in [1.29, 1.82) is 0 Å². The summed E-state index contributed by atoms with van der Waals surface area (Å²) in [5, 5.41) is 9.14. The first-order valence-electron chi connectivity index (χ1n) is 15.4. The fourth-order valence-electron chi connectivity index (χ4n) is 6.33. The summed E-state index contributed by atoms with van der Waals surface area (Å²) in [6, 6.07) is 10.9. The van der Waals surface area contributed by atoms with Crippen molar-refractivity contribution in [2.24, 2.45) is 20.0 Å². The van der Waals surface area contributed by atoms with Gasteiger partial charge in [-0.3, -0.25) is 23.5 Å². The van der Waals surface area contributed by atoms with E-state index in [0.29, 0.717) is 52.4 Å². The van der Waals surface area contributed by atoms with E-state index in [2.05, 4.69) is 16.0 Å². The largest absolute Gasteiger partial charge is 0.493 e. The van der Waals surface area contributed by atoms with E-state index in [4.69, 9.17) is 14.2 Å². The van der Waals surface area contributed by atoms with E-state index in [1.54, 1.807) is 57.1 Å². The molecule has 5 rings (SSSR count). The van der Waals surface area contributed by atoms with Crippen LogP contribution >= 0.6 is 0 Å². The molecule has 2 amide bonds. The lowest BCUT2D eigenvalue weighted by Crippen LogP contribution is -2.39. The molecule has 2 atom stereocenters. The molecule has 0 saturated carbocycles. The number of amides is 2. The van der Waals surface area contributed by atoms with Crippen molar-refractivity contribution in [2.75, 3.05) is 32.0 Å². The minimum atomic E-state index is -0.780. The molecule has 0 fully saturated rings. The van der Waals surface area contributed by atoms with Crippen LogP contribution in [0.3, 0.4) is 0 Å². The van der Waals surface area contributed by atoms with E-state index in [1.807, 2.05) is 26.0 Å². The fourth-order valence-corrected chi connectivity index (χ4v) is 6.33. The first-order chi connectivity index (χ1) is 22.4. The number of nitrogens with one attached hydrogen (secondary N) is 3. The molecule has 1 aromatic heterocycles. The number of methoxy groups -OCH3 is 3. The van der Waals surface area contributed by atoms with E-state index in [-0.39, 0.29) is 34.5 Å². The van der Waals surface area contributed by atoms with Crippen LogP contribution in [0.4, 0.5) is 11.4 Å². The molecule has 1 aliphatic rings. The van der Waals surface area contributed by atoms with Gasteiger partial charge in [0.1, 0.15) is 6.04 Å². The zero-order chi connectivity index (χ0) is 34.2. The van der Waals surface area contributed by atoms with Crippen LogP contribution < -0.4 is 41.3 Å². The lowest BCUT2D eigenvalue weighted by molar-refractivity contribution is -0.120. The molecular weight excluding hydrogens is 602 g/mol. The monoisotopic (exact) mass is 643 g/mol. The maximum Gasteiger partial charge on any atom is 0.328 e. The van der Waals surface area contributed by atoms with Crippen LogP contribution in [0, 0.1) is 5.92 Å². The minimum absolute atomic E-state index is 0.165. The van der Waals surface area contributed by atoms with Gasteiger partial charge in [0.15, 0.2) is 11.5 Å². The Bertz CT molecular complexity index is 2000. The predicted molar refractivity (Wildman–Crippen MR) is 182 cm³/mol. The third-order valence-corrected chi connectivity index (χ3v) is 8.72. The van der Waals surface area contributed by atoms with Gasteiger partial charge in [0.05, 0.1) is 44.1 Å². The molecule has 248 valence electrons. The van der Waals surface area contributed by atoms with Gasteiger partial charge in [-0.05, 0) is 71.8 Å². The highest BCUT2D eigenvalue weighted by Gasteiger charge is 2.30. The maximum absolute atomic E-state index is 13.9. The van der Waals surface area contributed by atoms with Crippen LogP contribution in [0.25, 0.3) is 22.2 Å². The van der Waals surface area contributed by atoms with Crippen molar-refractivity contribution >= 4 is 34.2 Å². The van der Waals surface area contributed by atoms with E-state index in [1.165, 1.54) is 24.7 Å². The molecule has 0 bridgehead atoms. The number of aromatic nitrogens is 2. The molecule has 4 aromatic rings. The number of carbonyl (C=O) groups excluding carboxylic acids is 2. The van der Waals surface area contributed by atoms with Crippen molar-refractivity contribution in [3.05, 3.63) is 74.3 Å². The summed E-state index contributed by atoms with van der Waals surface area (Å²) in [4.78, 5) is 52.2. The summed E-state index contributed by atoms with van der Waals surface area (Å²) in [6.45, 7) is 5.22. The molecule has 0 spiro atoms. The summed E-state index contributed by atoms with van der Waals surface area (Å²) in [6.07, 6.45) is 1.10. The van der Waals surface area contributed by atoms with Crippen LogP contribution in [0.15, 0.2) is 52.1 Å². The summed E-state index contributed by atoms with van der Waals surface area (Å²) < 4.78 is 20.2. The molecule has 47 heavy (non-hydrogen) atoms. The van der Waals surface area contributed by atoms with Gasteiger partial charge in [-0.1, -0.05) is 19.9 Å². The Balaban J connectivity index is 1.58. The SMILES string of the molecule is COc1cc2c(c(OC)c1OC)-c1ccc(N[C@@H](C(=O)Nc3ccc4c(c3)n(C)c(=O)n4C)C(C)C)c(=O)cc1[C@H](NC(C)=O)CC2. The minimum Gasteiger partial charge on any atom is -0.493 e. The van der Waals surface area contributed by atoms with Gasteiger partial charge in [-0.25, -0.2) is 4.79 Å². The fraction of sp³-hybridized carbons (Fsp3) is 0.371. The number of hydrogen-bond acceptors (Lipinski definition) is 8. The number of rotatable bonds is 9. The second kappa shape index (κ2) is 13.2. The Morgan fingerprint density at radius 2 is 1.60 bits per heavy atom. The van der Waals surface area contributed by atoms with Gasteiger partial charge in [-0.15, -0.1) is 0 Å². The summed E-state index contributed by atoms with van der Waals surface area (Å²) in [5.74, 6) is 0.605. The molecule has 1 heterocycles. The summed E-state index contributed by atoms with van der Waals surface area (Å²) in [5.41, 5.74) is 4.61. The third-order valence-electron chi connectivity index (χ3n) is 8.72. The average Bonchev–Trinajstić information content (AvgIpc) is 3.15. The number of nitrogens with zero attached hydrogens (tertiary/aromatic N) is 2. The molecule has 0 saturated heterocycles.